The van der Waals surface area contributed by atoms with Crippen molar-refractivity contribution in [2.45, 2.75) is 52.3 Å². The molecule has 20 heavy (non-hydrogen) atoms. The Morgan fingerprint density at radius 3 is 2.40 bits per heavy atom. The van der Waals surface area contributed by atoms with Crippen LogP contribution in [-0.4, -0.2) is 30.7 Å². The Bertz CT molecular complexity index is 467. The molecule has 0 spiro atoms. The lowest BCUT2D eigenvalue weighted by molar-refractivity contribution is 0.107. The molecule has 1 aromatic rings. The molecule has 6 heteroatoms. The Kier molecular flexibility index (Phi) is 6.92. The van der Waals surface area contributed by atoms with Gasteiger partial charge in [0.1, 0.15) is 16.4 Å². The summed E-state index contributed by atoms with van der Waals surface area (Å²) in [6.07, 6.45) is 4.25. The smallest absolute Gasteiger partial charge is 0.216 e. The van der Waals surface area contributed by atoms with Crippen LogP contribution in [0.25, 0.3) is 0 Å². The van der Waals surface area contributed by atoms with Gasteiger partial charge in [-0.3, -0.25) is 0 Å². The molecule has 0 saturated carbocycles. The van der Waals surface area contributed by atoms with Crippen LogP contribution >= 0.6 is 11.3 Å². The first-order chi connectivity index (χ1) is 9.53. The van der Waals surface area contributed by atoms with E-state index in [1.807, 2.05) is 7.28 Å². The van der Waals surface area contributed by atoms with Gasteiger partial charge in [0.2, 0.25) is 7.28 Å². The SMILES string of the molecule is CCCC([B]C(=O)c1nc(C(C)=N)c(NC)s1)CCC. The lowest BCUT2D eigenvalue weighted by atomic mass is 9.58. The van der Waals surface area contributed by atoms with Crippen LogP contribution in [0.3, 0.4) is 0 Å². The molecule has 1 radical (unpaired) electrons. The number of carbonyl (C=O) groups excluding carboxylic acids is 1. The first kappa shape index (κ1) is 16.9. The number of nitrogens with zero attached hydrogens (tertiary/aromatic N) is 1. The third-order valence-corrected chi connectivity index (χ3v) is 4.21. The highest BCUT2D eigenvalue weighted by atomic mass is 32.1. The van der Waals surface area contributed by atoms with Gasteiger partial charge in [-0.1, -0.05) is 56.7 Å². The van der Waals surface area contributed by atoms with Crippen LogP contribution in [-0.2, 0) is 0 Å². The molecule has 1 aromatic heterocycles. The standard InChI is InChI=1S/C14H23BN3OS/c1-5-7-10(8-6-2)15-12(19)14-18-11(9(3)16)13(17-4)20-14/h10,16-17H,5-8H2,1-4H3. The van der Waals surface area contributed by atoms with E-state index in [0.717, 1.165) is 30.7 Å². The molecule has 1 heterocycles. The Labute approximate surface area is 126 Å². The zero-order valence-corrected chi connectivity index (χ0v) is 13.6. The minimum atomic E-state index is -0.00843. The number of anilines is 1. The van der Waals surface area contributed by atoms with Crippen molar-refractivity contribution in [3.05, 3.63) is 10.7 Å². The summed E-state index contributed by atoms with van der Waals surface area (Å²) >= 11 is 1.33. The Balaban J connectivity index is 2.83. The first-order valence-corrected chi connectivity index (χ1v) is 7.98. The van der Waals surface area contributed by atoms with Crippen LogP contribution < -0.4 is 5.32 Å². The molecule has 0 unspecified atom stereocenters. The molecular weight excluding hydrogens is 269 g/mol. The molecule has 0 fully saturated rings. The number of carbonyl (C=O) groups is 1. The van der Waals surface area contributed by atoms with Crippen molar-refractivity contribution < 1.29 is 4.79 Å². The molecule has 0 aliphatic heterocycles. The van der Waals surface area contributed by atoms with Crippen molar-refractivity contribution in [3.63, 3.8) is 0 Å². The zero-order chi connectivity index (χ0) is 15.1. The van der Waals surface area contributed by atoms with Gasteiger partial charge < -0.3 is 15.5 Å². The van der Waals surface area contributed by atoms with Gasteiger partial charge in [0.15, 0.2) is 5.01 Å². The molecular formula is C14H23BN3OS. The first-order valence-electron chi connectivity index (χ1n) is 7.16. The Morgan fingerprint density at radius 1 is 1.40 bits per heavy atom. The highest BCUT2D eigenvalue weighted by Gasteiger charge is 2.21. The molecule has 1 rings (SSSR count). The lowest BCUT2D eigenvalue weighted by Gasteiger charge is -2.11. The van der Waals surface area contributed by atoms with Gasteiger partial charge in [0.05, 0.1) is 5.71 Å². The van der Waals surface area contributed by atoms with E-state index in [4.69, 9.17) is 5.41 Å². The fraction of sp³-hybridized carbons (Fsp3) is 0.643. The summed E-state index contributed by atoms with van der Waals surface area (Å²) in [5.74, 6) is 0.337. The number of thiazole rings is 1. The second-order valence-electron chi connectivity index (χ2n) is 4.94. The van der Waals surface area contributed by atoms with Gasteiger partial charge in [-0.2, -0.15) is 0 Å². The highest BCUT2D eigenvalue weighted by Crippen LogP contribution is 2.26. The van der Waals surface area contributed by atoms with Crippen molar-refractivity contribution in [2.24, 2.45) is 0 Å². The maximum Gasteiger partial charge on any atom is 0.216 e. The maximum absolute atomic E-state index is 12.3. The molecule has 109 valence electrons. The van der Waals surface area contributed by atoms with Crippen molar-refractivity contribution in [1.82, 2.24) is 4.98 Å². The monoisotopic (exact) mass is 292 g/mol. The van der Waals surface area contributed by atoms with Crippen molar-refractivity contribution in [1.29, 1.82) is 5.41 Å². The number of nitrogens with one attached hydrogen (secondary N) is 2. The summed E-state index contributed by atoms with van der Waals surface area (Å²) in [6, 6.07) is 0. The second kappa shape index (κ2) is 8.20. The molecule has 0 saturated heterocycles. The quantitative estimate of drug-likeness (QED) is 0.537. The summed E-state index contributed by atoms with van der Waals surface area (Å²) in [7, 11) is 3.60. The van der Waals surface area contributed by atoms with Crippen molar-refractivity contribution >= 4 is 35.0 Å². The van der Waals surface area contributed by atoms with Crippen LogP contribution in [0.5, 0.6) is 0 Å². The fourth-order valence-corrected chi connectivity index (χ4v) is 3.08. The normalized spacial score (nSPS) is 10.7. The molecule has 0 amide bonds. The van der Waals surface area contributed by atoms with Crippen LogP contribution in [0.2, 0.25) is 5.82 Å². The highest BCUT2D eigenvalue weighted by molar-refractivity contribution is 7.19. The van der Waals surface area contributed by atoms with Gasteiger partial charge in [0.25, 0.3) is 0 Å². The second-order valence-corrected chi connectivity index (χ2v) is 5.94. The molecule has 4 nitrogen and oxygen atoms in total. The number of hydrogen-bond acceptors (Lipinski definition) is 5. The molecule has 0 bridgehead atoms. The predicted octanol–water partition coefficient (Wildman–Crippen LogP) is 3.81. The van der Waals surface area contributed by atoms with Gasteiger partial charge in [-0.25, -0.2) is 4.98 Å². The van der Waals surface area contributed by atoms with E-state index >= 15 is 0 Å². The van der Waals surface area contributed by atoms with E-state index in [1.165, 1.54) is 11.3 Å². The predicted molar refractivity (Wildman–Crippen MR) is 87.8 cm³/mol. The Morgan fingerprint density at radius 2 is 2.00 bits per heavy atom. The van der Waals surface area contributed by atoms with E-state index in [-0.39, 0.29) is 5.68 Å². The number of aromatic nitrogens is 1. The van der Waals surface area contributed by atoms with Crippen LogP contribution in [0.15, 0.2) is 0 Å². The molecule has 2 N–H and O–H groups in total. The third-order valence-electron chi connectivity index (χ3n) is 3.13. The van der Waals surface area contributed by atoms with E-state index in [9.17, 15) is 4.79 Å². The Hall–Kier alpha value is -1.17. The minimum absolute atomic E-state index is 0.00843. The fourth-order valence-electron chi connectivity index (χ4n) is 2.19. The van der Waals surface area contributed by atoms with E-state index in [1.54, 1.807) is 14.0 Å². The van der Waals surface area contributed by atoms with Gasteiger partial charge in [-0.05, 0) is 6.92 Å². The van der Waals surface area contributed by atoms with Gasteiger partial charge in [-0.15, -0.1) is 0 Å². The van der Waals surface area contributed by atoms with Crippen LogP contribution in [0.4, 0.5) is 5.00 Å². The minimum Gasteiger partial charge on any atom is -0.378 e. The van der Waals surface area contributed by atoms with Crippen molar-refractivity contribution in [2.75, 3.05) is 12.4 Å². The molecule has 0 aliphatic carbocycles. The molecule has 0 atom stereocenters. The molecule has 0 aromatic carbocycles. The zero-order valence-electron chi connectivity index (χ0n) is 12.7. The average Bonchev–Trinajstić information content (AvgIpc) is 2.83. The van der Waals surface area contributed by atoms with Gasteiger partial charge >= 0.3 is 0 Å². The third kappa shape index (κ3) is 4.44. The summed E-state index contributed by atoms with van der Waals surface area (Å²) in [4.78, 5) is 16.6. The van der Waals surface area contributed by atoms with Crippen molar-refractivity contribution in [3.8, 4) is 0 Å². The summed E-state index contributed by atoms with van der Waals surface area (Å²) < 4.78 is 0. The van der Waals surface area contributed by atoms with E-state index < -0.39 is 0 Å². The topological polar surface area (TPSA) is 65.8 Å². The maximum atomic E-state index is 12.3. The van der Waals surface area contributed by atoms with E-state index in [2.05, 4.69) is 24.1 Å². The van der Waals surface area contributed by atoms with Crippen LogP contribution in [0, 0.1) is 5.41 Å². The van der Waals surface area contributed by atoms with Gasteiger partial charge in [0, 0.05) is 7.05 Å². The largest absolute Gasteiger partial charge is 0.378 e. The number of hydrogen-bond donors (Lipinski definition) is 2. The molecule has 0 aliphatic rings. The summed E-state index contributed by atoms with van der Waals surface area (Å²) in [6.45, 7) is 5.96. The van der Waals surface area contributed by atoms with E-state index in [0.29, 0.717) is 22.2 Å². The average molecular weight is 292 g/mol. The van der Waals surface area contributed by atoms with Crippen LogP contribution in [0.1, 0.15) is 62.0 Å². The lowest BCUT2D eigenvalue weighted by Crippen LogP contribution is -2.16. The number of rotatable bonds is 9. The summed E-state index contributed by atoms with van der Waals surface area (Å²) in [5, 5.41) is 12.0. The summed E-state index contributed by atoms with van der Waals surface area (Å²) in [5.41, 5.74) is 0.950.